The van der Waals surface area contributed by atoms with Crippen LogP contribution in [0, 0.1) is 11.6 Å². The van der Waals surface area contributed by atoms with Gasteiger partial charge in [0.15, 0.2) is 17.3 Å². The van der Waals surface area contributed by atoms with Crippen LogP contribution in [0.15, 0.2) is 35.1 Å². The number of pyridine rings is 1. The van der Waals surface area contributed by atoms with Crippen LogP contribution >= 0.6 is 0 Å². The summed E-state index contributed by atoms with van der Waals surface area (Å²) in [5.41, 5.74) is 6.36. The largest absolute Gasteiger partial charge is 0.481 e. The molecule has 10 nitrogen and oxygen atoms in total. The van der Waals surface area contributed by atoms with Crippen molar-refractivity contribution in [1.82, 2.24) is 24.3 Å². The van der Waals surface area contributed by atoms with E-state index in [1.54, 1.807) is 15.5 Å². The van der Waals surface area contributed by atoms with Gasteiger partial charge in [0.2, 0.25) is 11.8 Å². The zero-order valence-electron chi connectivity index (χ0n) is 22.8. The Morgan fingerprint density at radius 1 is 1.12 bits per heavy atom. The van der Waals surface area contributed by atoms with Gasteiger partial charge in [-0.05, 0) is 43.4 Å². The molecule has 3 amide bonds. The highest BCUT2D eigenvalue weighted by Crippen LogP contribution is 2.31. The van der Waals surface area contributed by atoms with Gasteiger partial charge >= 0.3 is 17.9 Å². The van der Waals surface area contributed by atoms with Gasteiger partial charge in [-0.15, -0.1) is 0 Å². The van der Waals surface area contributed by atoms with E-state index in [1.165, 1.54) is 19.2 Å². The van der Waals surface area contributed by atoms with Crippen LogP contribution in [-0.4, -0.2) is 75.7 Å². The molecule has 0 spiro atoms. The number of urea groups is 1. The highest BCUT2D eigenvalue weighted by molar-refractivity contribution is 5.76. The minimum atomic E-state index is -4.51. The Hall–Kier alpha value is -4.17. The van der Waals surface area contributed by atoms with Gasteiger partial charge in [0.05, 0.1) is 12.6 Å². The van der Waals surface area contributed by atoms with E-state index in [0.29, 0.717) is 55.2 Å². The Bertz CT molecular complexity index is 1480. The van der Waals surface area contributed by atoms with E-state index in [2.05, 4.69) is 9.97 Å². The number of nitrogens with zero attached hydrogens (tertiary/aromatic N) is 4. The van der Waals surface area contributed by atoms with Gasteiger partial charge in [-0.1, -0.05) is 12.1 Å². The molecule has 0 aliphatic carbocycles. The van der Waals surface area contributed by atoms with Crippen LogP contribution in [0.1, 0.15) is 49.6 Å². The number of piperidine rings is 1. The van der Waals surface area contributed by atoms with Crippen molar-refractivity contribution in [1.29, 1.82) is 0 Å². The van der Waals surface area contributed by atoms with E-state index in [1.807, 2.05) is 6.07 Å². The number of benzene rings is 1. The second-order valence-electron chi connectivity index (χ2n) is 10.2. The maximum Gasteiger partial charge on any atom is 0.406 e. The number of aromatic amines is 1. The molecule has 15 heteroatoms. The summed E-state index contributed by atoms with van der Waals surface area (Å²) in [6.45, 7) is -0.497. The van der Waals surface area contributed by atoms with Crippen molar-refractivity contribution in [2.24, 2.45) is 5.73 Å². The molecule has 42 heavy (non-hydrogen) atoms. The van der Waals surface area contributed by atoms with E-state index in [4.69, 9.17) is 10.5 Å². The van der Waals surface area contributed by atoms with Crippen molar-refractivity contribution in [2.45, 2.75) is 50.2 Å². The SMILES string of the molecule is COc1ccc2c(n1)[nH]c(=O)n2C1CCN(C(N)=O)CC1.O=C1CCC[C@@H](c2cccc(F)c2F)CN1CC(F)(F)F. The first-order valence-corrected chi connectivity index (χ1v) is 13.4. The van der Waals surface area contributed by atoms with Gasteiger partial charge in [-0.3, -0.25) is 14.3 Å². The summed E-state index contributed by atoms with van der Waals surface area (Å²) >= 11 is 0. The number of aromatic nitrogens is 3. The van der Waals surface area contributed by atoms with Crippen molar-refractivity contribution >= 4 is 23.1 Å². The van der Waals surface area contributed by atoms with Crippen LogP contribution in [0.5, 0.6) is 5.88 Å². The van der Waals surface area contributed by atoms with Crippen molar-refractivity contribution < 1.29 is 36.3 Å². The summed E-state index contributed by atoms with van der Waals surface area (Å²) < 4.78 is 71.3. The van der Waals surface area contributed by atoms with Crippen molar-refractivity contribution in [3.63, 3.8) is 0 Å². The van der Waals surface area contributed by atoms with Gasteiger partial charge in [-0.2, -0.15) is 18.2 Å². The highest BCUT2D eigenvalue weighted by Gasteiger charge is 2.36. The molecule has 1 aromatic carbocycles. The topological polar surface area (TPSA) is 127 Å². The number of primary amides is 1. The minimum absolute atomic E-state index is 0.0104. The lowest BCUT2D eigenvalue weighted by Gasteiger charge is -2.31. The number of halogens is 5. The Labute approximate surface area is 237 Å². The Morgan fingerprint density at radius 2 is 1.83 bits per heavy atom. The number of methoxy groups -OCH3 is 1. The third kappa shape index (κ3) is 7.18. The molecule has 2 aromatic heterocycles. The lowest BCUT2D eigenvalue weighted by Crippen LogP contribution is -2.43. The fourth-order valence-electron chi connectivity index (χ4n) is 5.39. The fraction of sp³-hybridized carbons (Fsp3) is 0.481. The van der Waals surface area contributed by atoms with Crippen LogP contribution in [-0.2, 0) is 4.79 Å². The lowest BCUT2D eigenvalue weighted by molar-refractivity contribution is -0.160. The highest BCUT2D eigenvalue weighted by atomic mass is 19.4. The number of nitrogens with two attached hydrogens (primary N) is 1. The standard InChI is InChI=1S/C14H14F5NO.C13H17N5O3/c15-11-5-2-4-10(13(11)16)9-3-1-6-12(21)20(7-9)8-14(17,18)19;1-21-10-3-2-9-11(15-10)16-13(20)18(9)8-4-6-17(7-5-8)12(14)19/h2,4-5,9H,1,3,6-8H2;2-3,8H,4-7H2,1H3,(H2,14,19)(H,15,16,20)/t9-;/m1./s1. The number of alkyl halides is 3. The summed E-state index contributed by atoms with van der Waals surface area (Å²) in [6, 6.07) is 6.79. The van der Waals surface area contributed by atoms with Crippen molar-refractivity contribution in [3.8, 4) is 5.88 Å². The second kappa shape index (κ2) is 12.8. The molecular weight excluding hydrogens is 567 g/mol. The number of nitrogens with one attached hydrogen (secondary N) is 1. The predicted molar refractivity (Wildman–Crippen MR) is 142 cm³/mol. The molecule has 228 valence electrons. The minimum Gasteiger partial charge on any atom is -0.481 e. The molecule has 0 saturated carbocycles. The molecule has 2 fully saturated rings. The van der Waals surface area contributed by atoms with E-state index in [9.17, 15) is 36.3 Å². The zero-order valence-corrected chi connectivity index (χ0v) is 22.8. The summed E-state index contributed by atoms with van der Waals surface area (Å²) in [6.07, 6.45) is -2.42. The molecule has 2 saturated heterocycles. The Kier molecular flexibility index (Phi) is 9.36. The number of imidazole rings is 1. The average Bonchev–Trinajstić information content (AvgIpc) is 3.17. The van der Waals surface area contributed by atoms with Gasteiger partial charge < -0.3 is 20.3 Å². The molecule has 2 aliphatic rings. The monoisotopic (exact) mass is 598 g/mol. The first kappa shape index (κ1) is 30.8. The summed E-state index contributed by atoms with van der Waals surface area (Å²) in [5.74, 6) is -2.87. The van der Waals surface area contributed by atoms with Crippen LogP contribution in [0.25, 0.3) is 11.2 Å². The molecule has 0 radical (unpaired) electrons. The van der Waals surface area contributed by atoms with Gasteiger partial charge in [0.1, 0.15) is 6.54 Å². The number of fused-ring (bicyclic) bond motifs is 1. The average molecular weight is 599 g/mol. The van der Waals surface area contributed by atoms with Gasteiger partial charge in [0, 0.05) is 44.1 Å². The summed E-state index contributed by atoms with van der Waals surface area (Å²) in [7, 11) is 1.53. The number of rotatable bonds is 4. The molecule has 2 aliphatic heterocycles. The van der Waals surface area contributed by atoms with E-state index >= 15 is 0 Å². The number of likely N-dealkylation sites (tertiary alicyclic amines) is 2. The number of hydrogen-bond acceptors (Lipinski definition) is 5. The zero-order chi connectivity index (χ0) is 30.6. The second-order valence-corrected chi connectivity index (χ2v) is 10.2. The number of ether oxygens (including phenoxy) is 1. The fourth-order valence-corrected chi connectivity index (χ4v) is 5.39. The first-order chi connectivity index (χ1) is 19.9. The summed E-state index contributed by atoms with van der Waals surface area (Å²) in [4.78, 5) is 44.3. The number of hydrogen-bond donors (Lipinski definition) is 2. The lowest BCUT2D eigenvalue weighted by atomic mass is 9.93. The quantitative estimate of drug-likeness (QED) is 0.438. The molecule has 0 bridgehead atoms. The molecule has 5 rings (SSSR count). The van der Waals surface area contributed by atoms with Crippen molar-refractivity contribution in [3.05, 3.63) is 58.0 Å². The number of H-pyrrole nitrogens is 1. The third-order valence-electron chi connectivity index (χ3n) is 7.43. The van der Waals surface area contributed by atoms with E-state index in [0.717, 1.165) is 11.6 Å². The number of carbonyl (C=O) groups excluding carboxylic acids is 2. The smallest absolute Gasteiger partial charge is 0.406 e. The van der Waals surface area contributed by atoms with Gasteiger partial charge in [0.25, 0.3) is 0 Å². The summed E-state index contributed by atoms with van der Waals surface area (Å²) in [5, 5.41) is 0. The van der Waals surface area contributed by atoms with Crippen LogP contribution in [0.4, 0.5) is 26.7 Å². The maximum atomic E-state index is 13.8. The van der Waals surface area contributed by atoms with Crippen molar-refractivity contribution in [2.75, 3.05) is 33.3 Å². The van der Waals surface area contributed by atoms with Gasteiger partial charge in [-0.25, -0.2) is 18.4 Å². The Balaban J connectivity index is 0.000000193. The molecule has 3 N–H and O–H groups in total. The molecule has 4 heterocycles. The molecule has 3 aromatic rings. The Morgan fingerprint density at radius 3 is 2.48 bits per heavy atom. The van der Waals surface area contributed by atoms with E-state index in [-0.39, 0.29) is 30.3 Å². The first-order valence-electron chi connectivity index (χ1n) is 13.4. The van der Waals surface area contributed by atoms with Crippen LogP contribution in [0.2, 0.25) is 0 Å². The van der Waals surface area contributed by atoms with Crippen LogP contribution < -0.4 is 16.2 Å². The van der Waals surface area contributed by atoms with Crippen LogP contribution in [0.3, 0.4) is 0 Å². The normalized spacial score (nSPS) is 18.4. The number of amides is 3. The predicted octanol–water partition coefficient (Wildman–Crippen LogP) is 4.07. The molecule has 1 atom stereocenters. The third-order valence-corrected chi connectivity index (χ3v) is 7.43. The molecular formula is C27H31F5N6O4. The molecule has 0 unspecified atom stereocenters. The van der Waals surface area contributed by atoms with E-state index < -0.39 is 42.2 Å². The maximum absolute atomic E-state index is 13.8. The number of carbonyl (C=O) groups is 2.